The minimum Gasteiger partial charge on any atom is -0.443 e. The Morgan fingerprint density at radius 1 is 1.43 bits per heavy atom. The van der Waals surface area contributed by atoms with E-state index in [4.69, 9.17) is 5.79 Å². The number of rotatable bonds is 2. The predicted molar refractivity (Wildman–Crippen MR) is 44.7 cm³/mol. The van der Waals surface area contributed by atoms with Crippen molar-refractivity contribution in [3.05, 3.63) is 36.3 Å². The van der Waals surface area contributed by atoms with Crippen molar-refractivity contribution in [2.45, 2.75) is 6.43 Å². The zero-order valence-corrected chi connectivity index (χ0v) is 6.95. The van der Waals surface area contributed by atoms with Gasteiger partial charge in [-0.25, -0.2) is 13.8 Å². The van der Waals surface area contributed by atoms with Crippen LogP contribution in [0.1, 0.15) is 13.5 Å². The van der Waals surface area contributed by atoms with Gasteiger partial charge >= 0.3 is 0 Å². The standard InChI is InChI=1S/C9H6F2N2O/c10-8(11)7-5-14-9(13-7)6-3-1-2-4-12-6/h1-5,8H/i5D. The second-order valence-corrected chi connectivity index (χ2v) is 2.52. The maximum atomic E-state index is 12.3. The van der Waals surface area contributed by atoms with E-state index in [0.29, 0.717) is 5.69 Å². The van der Waals surface area contributed by atoms with E-state index in [9.17, 15) is 8.78 Å². The Bertz CT molecular complexity index is 458. The van der Waals surface area contributed by atoms with Crippen molar-refractivity contribution in [1.82, 2.24) is 9.97 Å². The molecule has 0 aliphatic heterocycles. The molecular weight excluding hydrogens is 190 g/mol. The van der Waals surface area contributed by atoms with Crippen LogP contribution in [0, 0.1) is 0 Å². The molecule has 0 N–H and O–H groups in total. The van der Waals surface area contributed by atoms with Gasteiger partial charge in [-0.2, -0.15) is 0 Å². The Morgan fingerprint density at radius 2 is 2.29 bits per heavy atom. The van der Waals surface area contributed by atoms with Crippen molar-refractivity contribution in [1.29, 1.82) is 0 Å². The van der Waals surface area contributed by atoms with Gasteiger partial charge in [-0.3, -0.25) is 4.98 Å². The number of aromatic nitrogens is 2. The molecule has 0 aliphatic carbocycles. The van der Waals surface area contributed by atoms with E-state index in [-0.39, 0.29) is 5.89 Å². The number of oxazole rings is 1. The number of nitrogens with zero attached hydrogens (tertiary/aromatic N) is 2. The van der Waals surface area contributed by atoms with Crippen LogP contribution in [-0.2, 0) is 0 Å². The van der Waals surface area contributed by atoms with Gasteiger partial charge in [-0.15, -0.1) is 0 Å². The molecular formula is C9H6F2N2O. The van der Waals surface area contributed by atoms with E-state index >= 15 is 0 Å². The third-order valence-electron chi connectivity index (χ3n) is 1.56. The highest BCUT2D eigenvalue weighted by Gasteiger charge is 2.14. The first-order valence-corrected chi connectivity index (χ1v) is 3.85. The van der Waals surface area contributed by atoms with Crippen molar-refractivity contribution in [2.75, 3.05) is 0 Å². The second kappa shape index (κ2) is 3.53. The van der Waals surface area contributed by atoms with Crippen LogP contribution in [0.5, 0.6) is 0 Å². The van der Waals surface area contributed by atoms with E-state index in [1.54, 1.807) is 18.2 Å². The Kier molecular flexibility index (Phi) is 1.92. The fourth-order valence-corrected chi connectivity index (χ4v) is 0.948. The Labute approximate surface area is 79.8 Å². The number of alkyl halides is 2. The molecule has 2 rings (SSSR count). The normalized spacial score (nSPS) is 11.8. The van der Waals surface area contributed by atoms with Gasteiger partial charge < -0.3 is 4.42 Å². The Morgan fingerprint density at radius 3 is 2.86 bits per heavy atom. The van der Waals surface area contributed by atoms with E-state index in [0.717, 1.165) is 0 Å². The molecule has 72 valence electrons. The van der Waals surface area contributed by atoms with Gasteiger partial charge in [-0.05, 0) is 12.1 Å². The molecule has 0 fully saturated rings. The van der Waals surface area contributed by atoms with E-state index in [1.807, 2.05) is 0 Å². The van der Waals surface area contributed by atoms with E-state index < -0.39 is 18.4 Å². The quantitative estimate of drug-likeness (QED) is 0.742. The smallest absolute Gasteiger partial charge is 0.283 e. The highest BCUT2D eigenvalue weighted by molar-refractivity contribution is 5.46. The lowest BCUT2D eigenvalue weighted by Gasteiger charge is -1.91. The van der Waals surface area contributed by atoms with Crippen molar-refractivity contribution >= 4 is 0 Å². The molecule has 0 saturated carbocycles. The van der Waals surface area contributed by atoms with Crippen molar-refractivity contribution in [3.8, 4) is 11.6 Å². The van der Waals surface area contributed by atoms with Crippen molar-refractivity contribution in [3.63, 3.8) is 0 Å². The summed E-state index contributed by atoms with van der Waals surface area (Å²) in [5, 5.41) is 0. The second-order valence-electron chi connectivity index (χ2n) is 2.52. The molecule has 0 aliphatic rings. The van der Waals surface area contributed by atoms with Crippen LogP contribution in [0.2, 0.25) is 0 Å². The summed E-state index contributed by atoms with van der Waals surface area (Å²) in [6.07, 6.45) is -1.94. The first-order valence-electron chi connectivity index (χ1n) is 4.35. The number of hydrogen-bond donors (Lipinski definition) is 0. The van der Waals surface area contributed by atoms with E-state index in [2.05, 4.69) is 9.97 Å². The largest absolute Gasteiger partial charge is 0.443 e. The van der Waals surface area contributed by atoms with Crippen LogP contribution in [0.3, 0.4) is 0 Å². The molecule has 0 aromatic carbocycles. The highest BCUT2D eigenvalue weighted by atomic mass is 19.3. The van der Waals surface area contributed by atoms with Crippen LogP contribution < -0.4 is 0 Å². The number of halogens is 2. The number of pyridine rings is 1. The molecule has 0 spiro atoms. The predicted octanol–water partition coefficient (Wildman–Crippen LogP) is 2.67. The Hall–Kier alpha value is -1.78. The van der Waals surface area contributed by atoms with Crippen LogP contribution in [0.4, 0.5) is 8.78 Å². The van der Waals surface area contributed by atoms with Crippen molar-refractivity contribution in [2.24, 2.45) is 0 Å². The summed E-state index contributed by atoms with van der Waals surface area (Å²) in [6.45, 7) is 0. The van der Waals surface area contributed by atoms with Gasteiger partial charge in [0.2, 0.25) is 5.89 Å². The van der Waals surface area contributed by atoms with E-state index in [1.165, 1.54) is 6.20 Å². The van der Waals surface area contributed by atoms with Gasteiger partial charge in [0, 0.05) is 6.20 Å². The van der Waals surface area contributed by atoms with Gasteiger partial charge in [-0.1, -0.05) is 6.07 Å². The van der Waals surface area contributed by atoms with Crippen LogP contribution in [0.15, 0.2) is 35.1 Å². The molecule has 0 saturated heterocycles. The topological polar surface area (TPSA) is 38.9 Å². The zero-order valence-electron chi connectivity index (χ0n) is 7.95. The molecule has 2 heterocycles. The molecule has 0 amide bonds. The molecule has 0 atom stereocenters. The first kappa shape index (κ1) is 7.61. The van der Waals surface area contributed by atoms with Crippen molar-refractivity contribution < 1.29 is 14.6 Å². The summed E-state index contributed by atoms with van der Waals surface area (Å²) in [6, 6.07) is 4.93. The third kappa shape index (κ3) is 1.61. The minimum absolute atomic E-state index is 0.0594. The maximum absolute atomic E-state index is 12.3. The van der Waals surface area contributed by atoms with Gasteiger partial charge in [0.15, 0.2) is 0 Å². The first-order chi connectivity index (χ1) is 7.18. The summed E-state index contributed by atoms with van der Waals surface area (Å²) < 4.78 is 36.5. The summed E-state index contributed by atoms with van der Waals surface area (Å²) in [4.78, 5) is 7.39. The fourth-order valence-electron chi connectivity index (χ4n) is 0.948. The molecule has 0 unspecified atom stereocenters. The highest BCUT2D eigenvalue weighted by Crippen LogP contribution is 2.22. The van der Waals surface area contributed by atoms with Gasteiger partial charge in [0.1, 0.15) is 19.0 Å². The van der Waals surface area contributed by atoms with Gasteiger partial charge in [0.05, 0.1) is 0 Å². The molecule has 2 aromatic heterocycles. The molecule has 14 heavy (non-hydrogen) atoms. The molecule has 2 aromatic rings. The lowest BCUT2D eigenvalue weighted by atomic mass is 10.3. The minimum atomic E-state index is -2.81. The summed E-state index contributed by atoms with van der Waals surface area (Å²) in [5.41, 5.74) is -0.325. The molecule has 0 bridgehead atoms. The zero-order chi connectivity index (χ0) is 10.8. The summed E-state index contributed by atoms with van der Waals surface area (Å²) >= 11 is 0. The number of hydrogen-bond acceptors (Lipinski definition) is 3. The average molecular weight is 197 g/mol. The average Bonchev–Trinajstić information content (AvgIpc) is 2.62. The Balaban J connectivity index is 2.43. The lowest BCUT2D eigenvalue weighted by molar-refractivity contribution is 0.146. The maximum Gasteiger partial charge on any atom is 0.283 e. The van der Waals surface area contributed by atoms with Crippen LogP contribution >= 0.6 is 0 Å². The SMILES string of the molecule is [2H]c1oc(-c2ccccn2)nc1C(F)F. The molecule has 3 nitrogen and oxygen atoms in total. The third-order valence-corrected chi connectivity index (χ3v) is 1.56. The monoisotopic (exact) mass is 197 g/mol. The summed E-state index contributed by atoms with van der Waals surface area (Å²) in [7, 11) is 0. The lowest BCUT2D eigenvalue weighted by Crippen LogP contribution is -1.85. The fraction of sp³-hybridized carbons (Fsp3) is 0.111. The summed E-state index contributed by atoms with van der Waals surface area (Å²) in [5.74, 6) is -0.0594. The molecule has 0 radical (unpaired) electrons. The van der Waals surface area contributed by atoms with Crippen LogP contribution in [-0.4, -0.2) is 9.97 Å². The van der Waals surface area contributed by atoms with Crippen LogP contribution in [0.25, 0.3) is 11.6 Å². The molecule has 5 heteroatoms. The van der Waals surface area contributed by atoms with Gasteiger partial charge in [0.25, 0.3) is 6.43 Å².